The standard InChI is InChI=1S/C84H98Cl4N14O23/c1-38(2)25-54(92-6)78(114)101-70-71(109)45-16-22-60(53(88)29-45)122-62-10-8-9-61(74(62)125-83-75(73(111)72(110)63(123-83)36-96-102-91)124-66-34-84(5,76(112)40(4)120-66)95-35-41-11-17-47(18-12-41)119-37-42-13-19-50(85)51(86)26-42)121-59-21-15-43(28-52(59)87)57(105)33-65(108)99-69(81(117)94-24-23-89)49-30-46(103)31-58(106)67(49)48-27-44(14-20-56(48)104)68(80(116)93-7)100-77(113)39(3)97-79(115)55(32-64(90)107)98-82(70)118/h8-22,26-31,38-40,54-55,57,63,66,68-73,75-76,83,92,95,103-106,109-112H,23-25,32-37,89H2,1-7H3,(H2,90,107)(H,93,116)(H,94,117)(H,97,115)(H,98,118)(H,99,108)(H,100,113)(H,101,114)/t39?,40?,54?,55-,57?,63?,66?,68?,69+,70?,71?,72?,73?,75?,76?,83?,84?/m0/s1. The molecule has 2 saturated heterocycles. The molecule has 0 aliphatic carbocycles. The Hall–Kier alpha value is -11.1. The number of amides is 8. The minimum atomic E-state index is -2.09. The number of primary amides is 1. The molecule has 8 amide bonds. The smallest absolute Gasteiger partial charge is 0.247 e. The second-order valence-electron chi connectivity index (χ2n) is 30.6. The van der Waals surface area contributed by atoms with Gasteiger partial charge in [0.2, 0.25) is 59.3 Å². The summed E-state index contributed by atoms with van der Waals surface area (Å²) in [7, 11) is 2.69. The van der Waals surface area contributed by atoms with Gasteiger partial charge in [-0.15, -0.1) is 0 Å². The summed E-state index contributed by atoms with van der Waals surface area (Å²) in [6.07, 6.45) is -18.1. The predicted octanol–water partition coefficient (Wildman–Crippen LogP) is 6.10. The summed E-state index contributed by atoms with van der Waals surface area (Å²) in [5.41, 5.74) is 19.8. The fourth-order valence-electron chi connectivity index (χ4n) is 14.2. The molecular formula is C84H98Cl4N14O23. The van der Waals surface area contributed by atoms with E-state index in [0.717, 1.165) is 48.4 Å². The highest BCUT2D eigenvalue weighted by Crippen LogP contribution is 2.48. The predicted molar refractivity (Wildman–Crippen MR) is 454 cm³/mol. The molecule has 5 aliphatic rings. The summed E-state index contributed by atoms with van der Waals surface area (Å²) < 4.78 is 45.1. The van der Waals surface area contributed by atoms with Gasteiger partial charge in [-0.1, -0.05) is 108 Å². The molecule has 125 heavy (non-hydrogen) atoms. The molecule has 670 valence electrons. The number of aromatic hydroxyl groups is 3. The molecule has 7 aromatic rings. The van der Waals surface area contributed by atoms with Gasteiger partial charge in [0.15, 0.2) is 23.9 Å². The number of benzene rings is 7. The quantitative estimate of drug-likeness (QED) is 0.0195. The third-order valence-corrected chi connectivity index (χ3v) is 22.2. The van der Waals surface area contributed by atoms with E-state index in [2.05, 4.69) is 57.9 Å². The molecule has 5 heterocycles. The third kappa shape index (κ3) is 24.3. The molecule has 0 spiro atoms. The van der Waals surface area contributed by atoms with E-state index >= 15 is 0 Å². The lowest BCUT2D eigenvalue weighted by Crippen LogP contribution is -2.65. The van der Waals surface area contributed by atoms with Crippen molar-refractivity contribution in [3.63, 3.8) is 0 Å². The van der Waals surface area contributed by atoms with Crippen molar-refractivity contribution in [2.24, 2.45) is 22.5 Å². The fourth-order valence-corrected chi connectivity index (χ4v) is 15.0. The van der Waals surface area contributed by atoms with Crippen LogP contribution in [0, 0.1) is 5.92 Å². The molecule has 21 N–H and O–H groups in total. The van der Waals surface area contributed by atoms with Crippen LogP contribution in [0.1, 0.15) is 118 Å². The van der Waals surface area contributed by atoms with Gasteiger partial charge >= 0.3 is 0 Å². The first-order valence-electron chi connectivity index (χ1n) is 39.5. The van der Waals surface area contributed by atoms with Gasteiger partial charge < -0.3 is 133 Å². The number of para-hydroxylation sites is 1. The molecule has 41 heteroatoms. The number of likely N-dealkylation sites (N-methyl/N-ethyl adjacent to an activating group) is 2. The molecule has 15 unspecified atom stereocenters. The first-order chi connectivity index (χ1) is 59.4. The third-order valence-electron chi connectivity index (χ3n) is 20.9. The number of phenols is 3. The average molecular weight is 1810 g/mol. The van der Waals surface area contributed by atoms with Gasteiger partial charge in [-0.25, -0.2) is 0 Å². The number of rotatable bonds is 23. The van der Waals surface area contributed by atoms with E-state index in [4.69, 9.17) is 91.0 Å². The average Bonchev–Trinajstić information content (AvgIpc) is 0.770. The van der Waals surface area contributed by atoms with Gasteiger partial charge in [-0.3, -0.25) is 38.4 Å². The number of hydrogen-bond donors (Lipinski definition) is 19. The van der Waals surface area contributed by atoms with Crippen LogP contribution in [-0.2, 0) is 65.7 Å². The Kier molecular flexibility index (Phi) is 33.2. The van der Waals surface area contributed by atoms with Gasteiger partial charge in [-0.2, -0.15) is 0 Å². The Labute approximate surface area is 737 Å². The van der Waals surface area contributed by atoms with Gasteiger partial charge in [0.05, 0.1) is 69.9 Å². The zero-order valence-corrected chi connectivity index (χ0v) is 71.5. The van der Waals surface area contributed by atoms with Crippen molar-refractivity contribution in [3.8, 4) is 62.9 Å². The van der Waals surface area contributed by atoms with Crippen LogP contribution in [0.4, 0.5) is 0 Å². The maximum absolute atomic E-state index is 14.9. The molecule has 7 aromatic carbocycles. The number of ether oxygens (including phenoxy) is 7. The number of halogens is 4. The fraction of sp³-hybridized carbons (Fsp3) is 0.405. The van der Waals surface area contributed by atoms with E-state index in [0.29, 0.717) is 15.8 Å². The highest BCUT2D eigenvalue weighted by molar-refractivity contribution is 6.42. The van der Waals surface area contributed by atoms with Crippen LogP contribution >= 0.6 is 46.4 Å². The zero-order chi connectivity index (χ0) is 91.0. The Bertz CT molecular complexity index is 5140. The topological polar surface area (TPSA) is 572 Å². The normalized spacial score (nSPS) is 24.8. The first-order valence-corrected chi connectivity index (χ1v) is 41.0. The lowest BCUT2D eigenvalue weighted by Gasteiger charge is -2.48. The lowest BCUT2D eigenvalue weighted by molar-refractivity contribution is -0.331. The zero-order valence-electron chi connectivity index (χ0n) is 68.5. The van der Waals surface area contributed by atoms with E-state index in [9.17, 15) is 84.7 Å². The van der Waals surface area contributed by atoms with Gasteiger partial charge in [0.25, 0.3) is 0 Å². The number of aliphatic hydroxyl groups is 5. The number of aliphatic hydroxyl groups excluding tert-OH is 5. The monoisotopic (exact) mass is 1810 g/mol. The summed E-state index contributed by atoms with van der Waals surface area (Å²) in [6.45, 7) is 7.60. The van der Waals surface area contributed by atoms with Crippen molar-refractivity contribution in [2.45, 2.75) is 177 Å². The molecular weight excluding hydrogens is 1710 g/mol. The second-order valence-corrected chi connectivity index (χ2v) is 32.2. The molecule has 0 saturated carbocycles. The lowest BCUT2D eigenvalue weighted by atomic mass is 9.84. The van der Waals surface area contributed by atoms with Crippen LogP contribution in [-0.4, -0.2) is 201 Å². The van der Waals surface area contributed by atoms with Crippen LogP contribution in [0.3, 0.4) is 0 Å². The van der Waals surface area contributed by atoms with E-state index in [-0.39, 0.29) is 106 Å². The van der Waals surface area contributed by atoms with Crippen LogP contribution in [0.5, 0.6) is 51.7 Å². The molecule has 5 aliphatic heterocycles. The summed E-state index contributed by atoms with van der Waals surface area (Å²) >= 11 is 26.5. The summed E-state index contributed by atoms with van der Waals surface area (Å²) in [4.78, 5) is 116. The van der Waals surface area contributed by atoms with Gasteiger partial charge in [-0.05, 0) is 158 Å². The van der Waals surface area contributed by atoms with Gasteiger partial charge in [0.1, 0.15) is 89.6 Å². The Balaban J connectivity index is 1.05. The second kappa shape index (κ2) is 43.2. The minimum absolute atomic E-state index is 0.0257. The number of fused-ring (bicyclic) bond motifs is 2. The number of carbonyl (C=O) groups is 8. The van der Waals surface area contributed by atoms with Crippen molar-refractivity contribution in [2.75, 3.05) is 33.7 Å². The maximum Gasteiger partial charge on any atom is 0.247 e. The summed E-state index contributed by atoms with van der Waals surface area (Å²) in [5.74, 6) is -11.7. The Morgan fingerprint density at radius 2 is 1.38 bits per heavy atom. The molecule has 2 fully saturated rings. The Morgan fingerprint density at radius 1 is 0.712 bits per heavy atom. The number of nitrogens with two attached hydrogens (primary N) is 2. The summed E-state index contributed by atoms with van der Waals surface area (Å²) in [5, 5.41) is 122. The minimum Gasteiger partial charge on any atom is -0.508 e. The highest BCUT2D eigenvalue weighted by atomic mass is 35.5. The first kappa shape index (κ1) is 96.1. The molecule has 17 atom stereocenters. The number of hydrogen-bond acceptors (Lipinski definition) is 27. The van der Waals surface area contributed by atoms with E-state index < -0.39 is 198 Å². The number of phenolic OH excluding ortho intramolecular Hbond substituents is 3. The number of carbonyl (C=O) groups excluding carboxylic acids is 8. The highest BCUT2D eigenvalue weighted by Gasteiger charge is 2.52. The molecule has 0 aromatic heterocycles. The molecule has 37 nitrogen and oxygen atoms in total. The maximum atomic E-state index is 14.9. The van der Waals surface area contributed by atoms with Crippen molar-refractivity contribution in [3.05, 3.63) is 191 Å². The number of nitrogens with one attached hydrogen (secondary N) is 9. The van der Waals surface area contributed by atoms with E-state index in [1.54, 1.807) is 44.2 Å². The number of azide groups is 1. The van der Waals surface area contributed by atoms with Crippen LogP contribution in [0.2, 0.25) is 20.1 Å². The molecule has 8 bridgehead atoms. The van der Waals surface area contributed by atoms with Gasteiger partial charge in [0, 0.05) is 60.7 Å². The van der Waals surface area contributed by atoms with E-state index in [1.165, 1.54) is 68.7 Å². The van der Waals surface area contributed by atoms with Crippen molar-refractivity contribution >= 4 is 93.7 Å². The largest absolute Gasteiger partial charge is 0.508 e. The molecule has 12 rings (SSSR count). The van der Waals surface area contributed by atoms with Crippen molar-refractivity contribution in [1.29, 1.82) is 0 Å². The molecule has 0 radical (unpaired) electrons. The van der Waals surface area contributed by atoms with Crippen LogP contribution in [0.25, 0.3) is 21.6 Å². The van der Waals surface area contributed by atoms with Crippen molar-refractivity contribution < 1.29 is 112 Å². The van der Waals surface area contributed by atoms with Crippen LogP contribution in [0.15, 0.2) is 133 Å². The number of nitrogens with zero attached hydrogens (tertiary/aromatic N) is 3. The van der Waals surface area contributed by atoms with Crippen molar-refractivity contribution in [1.82, 2.24) is 47.9 Å². The summed E-state index contributed by atoms with van der Waals surface area (Å²) in [6, 6.07) is 18.8. The van der Waals surface area contributed by atoms with E-state index in [1.807, 2.05) is 26.0 Å². The SMILES string of the molecule is CNC(=O)C1NC(=O)C(C)NC(=O)[C@H](CC(N)=O)NC(=O)C(NC(=O)C(CC(C)C)NC)C(O)c2ccc(c(Cl)c2)Oc2cccc(c2OC2OC(CN=[N+]=[N-])C(O)C(O)C2OC2CC(C)(NCc3ccc(OCc4ccc(Cl)c(Cl)c4)cc3)C(O)C(C)O2)Oc2ccc(cc2Cl)C(O)CC(=O)N[C@@H](C(=O)NCCN)c2cc(O)cc(O)c2-c2cc1ccc2O. The van der Waals surface area contributed by atoms with Crippen LogP contribution < -0.4 is 78.3 Å². The Morgan fingerprint density at radius 3 is 2.01 bits per heavy atom.